The molecule has 1 N–H and O–H groups in total. The van der Waals surface area contributed by atoms with E-state index in [4.69, 9.17) is 0 Å². The fraction of sp³-hybridized carbons (Fsp3) is 0.263. The summed E-state index contributed by atoms with van der Waals surface area (Å²) in [5.74, 6) is -0.268. The molecule has 0 atom stereocenters. The molecule has 0 aliphatic carbocycles. The van der Waals surface area contributed by atoms with Gasteiger partial charge in [0.05, 0.1) is 0 Å². The number of nitrogens with zero attached hydrogens (tertiary/aromatic N) is 2. The zero-order valence-electron chi connectivity index (χ0n) is 14.2. The van der Waals surface area contributed by atoms with Crippen molar-refractivity contribution in [3.05, 3.63) is 59.0 Å². The van der Waals surface area contributed by atoms with Crippen LogP contribution < -0.4 is 5.32 Å². The molecule has 1 aromatic heterocycles. The first kappa shape index (κ1) is 16.1. The molecule has 0 unspecified atom stereocenters. The first-order valence-corrected chi connectivity index (χ1v) is 8.10. The summed E-state index contributed by atoms with van der Waals surface area (Å²) in [6, 6.07) is 9.75. The highest BCUT2D eigenvalue weighted by Crippen LogP contribution is 2.21. The van der Waals surface area contributed by atoms with Crippen LogP contribution in [-0.2, 0) is 4.79 Å². The van der Waals surface area contributed by atoms with Crippen molar-refractivity contribution in [2.24, 2.45) is 0 Å². The van der Waals surface area contributed by atoms with Gasteiger partial charge >= 0.3 is 6.03 Å². The third kappa shape index (κ3) is 2.85. The highest BCUT2D eigenvalue weighted by Gasteiger charge is 2.32. The lowest BCUT2D eigenvalue weighted by Crippen LogP contribution is -2.31. The van der Waals surface area contributed by atoms with Gasteiger partial charge in [-0.25, -0.2) is 4.79 Å². The molecule has 0 spiro atoms. The Balaban J connectivity index is 1.97. The Morgan fingerprint density at radius 3 is 2.67 bits per heavy atom. The highest BCUT2D eigenvalue weighted by molar-refractivity contribution is 6.13. The van der Waals surface area contributed by atoms with Gasteiger partial charge in [0, 0.05) is 24.1 Å². The van der Waals surface area contributed by atoms with Gasteiger partial charge in [0.25, 0.3) is 5.91 Å². The number of benzene rings is 1. The van der Waals surface area contributed by atoms with Gasteiger partial charge in [-0.2, -0.15) is 0 Å². The summed E-state index contributed by atoms with van der Waals surface area (Å²) < 4.78 is 2.02. The minimum atomic E-state index is -0.349. The normalized spacial score (nSPS) is 16.1. The molecule has 1 aliphatic rings. The number of imide groups is 1. The number of rotatable bonds is 4. The summed E-state index contributed by atoms with van der Waals surface area (Å²) in [6.45, 7) is 6.49. The molecule has 0 radical (unpaired) electrons. The first-order valence-electron chi connectivity index (χ1n) is 8.10. The Morgan fingerprint density at radius 1 is 1.17 bits per heavy atom. The molecule has 1 fully saturated rings. The van der Waals surface area contributed by atoms with Gasteiger partial charge in [-0.3, -0.25) is 9.69 Å². The molecule has 1 aromatic carbocycles. The van der Waals surface area contributed by atoms with Gasteiger partial charge in [-0.05, 0) is 50.1 Å². The summed E-state index contributed by atoms with van der Waals surface area (Å²) in [5, 5.41) is 2.66. The minimum Gasteiger partial charge on any atom is -0.317 e. The minimum absolute atomic E-state index is 0.268. The molecule has 24 heavy (non-hydrogen) atoms. The summed E-state index contributed by atoms with van der Waals surface area (Å²) in [5.41, 5.74) is 4.58. The van der Waals surface area contributed by atoms with Gasteiger partial charge in [0.15, 0.2) is 0 Å². The van der Waals surface area contributed by atoms with Crippen molar-refractivity contribution in [2.75, 3.05) is 6.54 Å². The topological polar surface area (TPSA) is 54.3 Å². The van der Waals surface area contributed by atoms with Gasteiger partial charge < -0.3 is 9.88 Å². The van der Waals surface area contributed by atoms with E-state index in [-0.39, 0.29) is 11.9 Å². The van der Waals surface area contributed by atoms with Crippen LogP contribution in [0.15, 0.2) is 42.2 Å². The van der Waals surface area contributed by atoms with E-state index < -0.39 is 0 Å². The van der Waals surface area contributed by atoms with Crippen LogP contribution in [0.1, 0.15) is 30.2 Å². The number of amides is 3. The summed E-state index contributed by atoms with van der Waals surface area (Å²) in [4.78, 5) is 25.5. The van der Waals surface area contributed by atoms with Gasteiger partial charge in [0.1, 0.15) is 5.70 Å². The Morgan fingerprint density at radius 2 is 1.96 bits per heavy atom. The van der Waals surface area contributed by atoms with Crippen LogP contribution in [0.3, 0.4) is 0 Å². The van der Waals surface area contributed by atoms with Crippen LogP contribution in [0, 0.1) is 13.8 Å². The van der Waals surface area contributed by atoms with Crippen LogP contribution >= 0.6 is 0 Å². The molecule has 3 rings (SSSR count). The Labute approximate surface area is 141 Å². The van der Waals surface area contributed by atoms with E-state index in [2.05, 4.69) is 37.4 Å². The molecule has 0 bridgehead atoms. The summed E-state index contributed by atoms with van der Waals surface area (Å²) in [6.07, 6.45) is 4.43. The zero-order chi connectivity index (χ0) is 17.3. The quantitative estimate of drug-likeness (QED) is 0.692. The van der Waals surface area contributed by atoms with E-state index in [0.717, 1.165) is 23.4 Å². The fourth-order valence-electron chi connectivity index (χ4n) is 2.95. The maximum absolute atomic E-state index is 12.4. The molecule has 1 saturated heterocycles. The second-order valence-electron chi connectivity index (χ2n) is 6.04. The highest BCUT2D eigenvalue weighted by atomic mass is 16.2. The van der Waals surface area contributed by atoms with E-state index in [1.807, 2.05) is 29.8 Å². The maximum Gasteiger partial charge on any atom is 0.329 e. The van der Waals surface area contributed by atoms with E-state index in [1.165, 1.54) is 10.5 Å². The number of aryl methyl sites for hydroxylation is 2. The predicted molar refractivity (Wildman–Crippen MR) is 93.8 cm³/mol. The van der Waals surface area contributed by atoms with E-state index >= 15 is 0 Å². The average Bonchev–Trinajstić information content (AvgIpc) is 3.08. The van der Waals surface area contributed by atoms with E-state index in [9.17, 15) is 9.59 Å². The number of hydrogen-bond donors (Lipinski definition) is 1. The monoisotopic (exact) mass is 323 g/mol. The van der Waals surface area contributed by atoms with Crippen LogP contribution in [0.5, 0.6) is 0 Å². The fourth-order valence-corrected chi connectivity index (χ4v) is 2.95. The van der Waals surface area contributed by atoms with Crippen molar-refractivity contribution in [3.63, 3.8) is 0 Å². The number of urea groups is 1. The average molecular weight is 323 g/mol. The zero-order valence-corrected chi connectivity index (χ0v) is 14.2. The first-order chi connectivity index (χ1) is 11.5. The van der Waals surface area contributed by atoms with Gasteiger partial charge in [-0.15, -0.1) is 0 Å². The molecule has 5 heteroatoms. The van der Waals surface area contributed by atoms with Crippen molar-refractivity contribution in [3.8, 4) is 5.69 Å². The number of nitrogens with one attached hydrogen (secondary N) is 1. The van der Waals surface area contributed by atoms with Gasteiger partial charge in [0.2, 0.25) is 0 Å². The Kier molecular flexibility index (Phi) is 4.25. The SMILES string of the molecule is CCCN1C(=O)N/C(=C/c2cccn2-c2ccc(C)cc2C)C1=O. The number of aromatic nitrogens is 1. The summed E-state index contributed by atoms with van der Waals surface area (Å²) >= 11 is 0. The standard InChI is InChI=1S/C19H21N3O2/c1-4-9-22-18(23)16(20-19(22)24)12-15-6-5-10-21(15)17-8-7-13(2)11-14(17)3/h5-8,10-12H,4,9H2,1-3H3,(H,20,24)/b16-12+. The Bertz CT molecular complexity index is 833. The number of hydrogen-bond acceptors (Lipinski definition) is 2. The molecule has 1 aliphatic heterocycles. The number of carbonyl (C=O) groups excluding carboxylic acids is 2. The van der Waals surface area contributed by atoms with Gasteiger partial charge in [-0.1, -0.05) is 24.6 Å². The maximum atomic E-state index is 12.4. The van der Waals surface area contributed by atoms with E-state index in [1.54, 1.807) is 6.08 Å². The molecule has 124 valence electrons. The van der Waals surface area contributed by atoms with Crippen molar-refractivity contribution in [1.29, 1.82) is 0 Å². The van der Waals surface area contributed by atoms with Crippen molar-refractivity contribution >= 4 is 18.0 Å². The molecular formula is C19H21N3O2. The van der Waals surface area contributed by atoms with Crippen molar-refractivity contribution in [2.45, 2.75) is 27.2 Å². The lowest BCUT2D eigenvalue weighted by Gasteiger charge is -2.11. The van der Waals surface area contributed by atoms with Crippen LogP contribution in [0.25, 0.3) is 11.8 Å². The van der Waals surface area contributed by atoms with E-state index in [0.29, 0.717) is 12.2 Å². The molecule has 0 saturated carbocycles. The molecular weight excluding hydrogens is 302 g/mol. The molecule has 2 aromatic rings. The lowest BCUT2D eigenvalue weighted by atomic mass is 10.1. The van der Waals surface area contributed by atoms with Crippen LogP contribution in [-0.4, -0.2) is 28.0 Å². The third-order valence-electron chi connectivity index (χ3n) is 4.09. The van der Waals surface area contributed by atoms with Crippen molar-refractivity contribution < 1.29 is 9.59 Å². The molecule has 5 nitrogen and oxygen atoms in total. The van der Waals surface area contributed by atoms with Crippen LogP contribution in [0.4, 0.5) is 4.79 Å². The summed E-state index contributed by atoms with van der Waals surface area (Å²) in [7, 11) is 0. The third-order valence-corrected chi connectivity index (χ3v) is 4.09. The smallest absolute Gasteiger partial charge is 0.317 e. The number of carbonyl (C=O) groups is 2. The molecule has 3 amide bonds. The molecule has 2 heterocycles. The van der Waals surface area contributed by atoms with Crippen molar-refractivity contribution in [1.82, 2.24) is 14.8 Å². The second kappa shape index (κ2) is 6.35. The predicted octanol–water partition coefficient (Wildman–Crippen LogP) is 3.40. The lowest BCUT2D eigenvalue weighted by molar-refractivity contribution is -0.122. The Hall–Kier alpha value is -2.82. The largest absolute Gasteiger partial charge is 0.329 e. The second-order valence-corrected chi connectivity index (χ2v) is 6.04. The van der Waals surface area contributed by atoms with Crippen LogP contribution in [0.2, 0.25) is 0 Å².